The maximum absolute atomic E-state index is 14.1. The van der Waals surface area contributed by atoms with Crippen LogP contribution in [0.2, 0.25) is 0 Å². The number of methoxy groups -OCH3 is 1. The summed E-state index contributed by atoms with van der Waals surface area (Å²) in [5.41, 5.74) is 6.50. The molecule has 3 aromatic carbocycles. The van der Waals surface area contributed by atoms with E-state index in [1.54, 1.807) is 19.5 Å². The van der Waals surface area contributed by atoms with Gasteiger partial charge in [-0.25, -0.2) is 11.6 Å². The number of anilines is 1. The van der Waals surface area contributed by atoms with Gasteiger partial charge in [-0.2, -0.15) is 0 Å². The molecule has 0 radical (unpaired) electrons. The zero-order chi connectivity index (χ0) is 28.9. The molecule has 3 aliphatic rings. The summed E-state index contributed by atoms with van der Waals surface area (Å²) >= 11 is 1.43. The van der Waals surface area contributed by atoms with Gasteiger partial charge in [0, 0.05) is 53.2 Å². The van der Waals surface area contributed by atoms with Crippen molar-refractivity contribution in [3.8, 4) is 16.9 Å². The van der Waals surface area contributed by atoms with E-state index >= 15 is 0 Å². The van der Waals surface area contributed by atoms with E-state index in [4.69, 9.17) is 16.3 Å². The van der Waals surface area contributed by atoms with Gasteiger partial charge in [0.25, 0.3) is 5.54 Å². The summed E-state index contributed by atoms with van der Waals surface area (Å²) < 4.78 is 5.48. The number of thiazole rings is 1. The molecule has 0 saturated heterocycles. The number of aromatic nitrogens is 2. The predicted octanol–water partition coefficient (Wildman–Crippen LogP) is 7.46. The predicted molar refractivity (Wildman–Crippen MR) is 165 cm³/mol. The van der Waals surface area contributed by atoms with Crippen molar-refractivity contribution < 1.29 is 9.53 Å². The normalized spacial score (nSPS) is 21.6. The molecular weight excluding hydrogens is 540 g/mol. The van der Waals surface area contributed by atoms with E-state index in [-0.39, 0.29) is 11.8 Å². The summed E-state index contributed by atoms with van der Waals surface area (Å²) in [4.78, 5) is 27.3. The van der Waals surface area contributed by atoms with Crippen LogP contribution in [0.3, 0.4) is 0 Å². The number of hydrogen-bond donors (Lipinski definition) is 1. The highest BCUT2D eigenvalue weighted by atomic mass is 32.1. The third kappa shape index (κ3) is 3.94. The van der Waals surface area contributed by atoms with Gasteiger partial charge in [-0.1, -0.05) is 72.8 Å². The van der Waals surface area contributed by atoms with E-state index < -0.39 is 11.0 Å². The van der Waals surface area contributed by atoms with Gasteiger partial charge in [0.1, 0.15) is 5.75 Å². The van der Waals surface area contributed by atoms with Gasteiger partial charge in [0.2, 0.25) is 5.91 Å². The quantitative estimate of drug-likeness (QED) is 0.216. The Morgan fingerprint density at radius 1 is 1.05 bits per heavy atom. The number of nitrogens with zero attached hydrogens (tertiary/aromatic N) is 3. The fraction of sp³-hybridized carbons (Fsp3) is 0.200. The van der Waals surface area contributed by atoms with Crippen LogP contribution >= 0.6 is 11.3 Å². The third-order valence-electron chi connectivity index (χ3n) is 8.83. The van der Waals surface area contributed by atoms with Gasteiger partial charge < -0.3 is 10.1 Å². The SMILES string of the molecule is [C-]#[N+]C12CC(C)(C(=O)Nc3nc(Cc4ccc(-c5cnccc5OC)cc4)cs3)C(c3ccccc31)c1ccccc12. The maximum atomic E-state index is 14.1. The fourth-order valence-electron chi connectivity index (χ4n) is 6.92. The molecule has 8 rings (SSSR count). The second kappa shape index (κ2) is 9.93. The van der Waals surface area contributed by atoms with Crippen LogP contribution < -0.4 is 10.1 Å². The number of nitrogens with one attached hydrogen (secondary N) is 1. The molecule has 0 spiro atoms. The topological polar surface area (TPSA) is 68.5 Å². The number of hydrogen-bond acceptors (Lipinski definition) is 5. The lowest BCUT2D eigenvalue weighted by molar-refractivity contribution is -0.127. The molecule has 1 atom stereocenters. The standard InChI is InChI=1S/C35H28N4O2S/c1-34(21-35(36-2)28-10-6-4-8-25(28)31(34)26-9-5-7-11-29(26)35)32(40)39-33-38-24(20-42-33)18-22-12-14-23(15-13-22)27-19-37-17-16-30(27)41-3/h4-17,19-20,31H,18,21H2,1,3H3,(H,38,39,40). The van der Waals surface area contributed by atoms with Crippen molar-refractivity contribution in [3.63, 3.8) is 0 Å². The second-order valence-electron chi connectivity index (χ2n) is 11.2. The van der Waals surface area contributed by atoms with Gasteiger partial charge in [-0.3, -0.25) is 14.6 Å². The van der Waals surface area contributed by atoms with Crippen LogP contribution in [0.4, 0.5) is 5.13 Å². The highest BCUT2D eigenvalue weighted by Crippen LogP contribution is 2.64. The summed E-state index contributed by atoms with van der Waals surface area (Å²) in [5.74, 6) is 0.553. The minimum absolute atomic E-state index is 0.0970. The lowest BCUT2D eigenvalue weighted by Gasteiger charge is -2.51. The molecule has 1 amide bonds. The van der Waals surface area contributed by atoms with Gasteiger partial charge >= 0.3 is 0 Å². The van der Waals surface area contributed by atoms with Gasteiger partial charge in [0.15, 0.2) is 5.13 Å². The fourth-order valence-corrected chi connectivity index (χ4v) is 7.62. The monoisotopic (exact) mass is 568 g/mol. The summed E-state index contributed by atoms with van der Waals surface area (Å²) in [6.07, 6.45) is 4.60. The molecule has 7 heteroatoms. The zero-order valence-corrected chi connectivity index (χ0v) is 24.1. The summed E-state index contributed by atoms with van der Waals surface area (Å²) in [6.45, 7) is 10.3. The Bertz CT molecular complexity index is 1830. The average molecular weight is 569 g/mol. The molecule has 3 aliphatic carbocycles. The first kappa shape index (κ1) is 26.1. The Hall–Kier alpha value is -4.80. The van der Waals surface area contributed by atoms with E-state index in [0.29, 0.717) is 18.0 Å². The van der Waals surface area contributed by atoms with Crippen LogP contribution in [0, 0.1) is 12.0 Å². The van der Waals surface area contributed by atoms with Gasteiger partial charge in [0.05, 0.1) is 18.2 Å². The molecule has 0 saturated carbocycles. The van der Waals surface area contributed by atoms with Crippen LogP contribution in [-0.4, -0.2) is 23.0 Å². The number of carbonyl (C=O) groups excluding carboxylic acids is 1. The van der Waals surface area contributed by atoms with E-state index in [2.05, 4.69) is 63.7 Å². The van der Waals surface area contributed by atoms with E-state index in [1.807, 2.05) is 42.6 Å². The van der Waals surface area contributed by atoms with Crippen molar-refractivity contribution in [2.75, 3.05) is 12.4 Å². The van der Waals surface area contributed by atoms with Crippen LogP contribution in [0.1, 0.15) is 52.8 Å². The molecule has 1 unspecified atom stereocenters. The molecule has 5 aromatic rings. The first-order valence-electron chi connectivity index (χ1n) is 13.9. The van der Waals surface area contributed by atoms with E-state index in [0.717, 1.165) is 50.4 Å². The minimum Gasteiger partial charge on any atom is -0.496 e. The Balaban J connectivity index is 1.13. The van der Waals surface area contributed by atoms with E-state index in [1.165, 1.54) is 11.3 Å². The molecule has 6 nitrogen and oxygen atoms in total. The molecule has 2 aromatic heterocycles. The third-order valence-corrected chi connectivity index (χ3v) is 9.63. The number of rotatable bonds is 6. The molecule has 206 valence electrons. The smallest absolute Gasteiger partial charge is 0.284 e. The van der Waals surface area contributed by atoms with E-state index in [9.17, 15) is 4.79 Å². The largest absolute Gasteiger partial charge is 0.496 e. The molecule has 2 bridgehead atoms. The highest BCUT2D eigenvalue weighted by Gasteiger charge is 2.64. The van der Waals surface area contributed by atoms with Crippen LogP contribution in [-0.2, 0) is 16.8 Å². The average Bonchev–Trinajstić information content (AvgIpc) is 3.47. The van der Waals surface area contributed by atoms with Crippen molar-refractivity contribution in [2.24, 2.45) is 5.41 Å². The second-order valence-corrected chi connectivity index (χ2v) is 12.1. The Morgan fingerprint density at radius 3 is 2.40 bits per heavy atom. The maximum Gasteiger partial charge on any atom is 0.284 e. The van der Waals surface area contributed by atoms with Gasteiger partial charge in [-0.05, 0) is 35.2 Å². The Labute approximate surface area is 248 Å². The van der Waals surface area contributed by atoms with Crippen molar-refractivity contribution in [2.45, 2.75) is 31.2 Å². The number of fused-ring (bicyclic) bond motifs is 1. The van der Waals surface area contributed by atoms with Crippen LogP contribution in [0.15, 0.2) is 96.6 Å². The summed E-state index contributed by atoms with van der Waals surface area (Å²) in [5, 5.41) is 5.71. The summed E-state index contributed by atoms with van der Waals surface area (Å²) in [6, 6.07) is 26.4. The minimum atomic E-state index is -0.881. The number of carbonyl (C=O) groups is 1. The van der Waals surface area contributed by atoms with Gasteiger partial charge in [-0.15, -0.1) is 11.3 Å². The van der Waals surface area contributed by atoms with Crippen molar-refractivity contribution in [3.05, 3.63) is 142 Å². The number of benzene rings is 3. The van der Waals surface area contributed by atoms with Crippen molar-refractivity contribution >= 4 is 22.4 Å². The molecule has 0 aliphatic heterocycles. The molecule has 0 fully saturated rings. The lowest BCUT2D eigenvalue weighted by Crippen LogP contribution is -2.53. The molecule has 2 heterocycles. The van der Waals surface area contributed by atoms with Crippen molar-refractivity contribution in [1.82, 2.24) is 9.97 Å². The Kier molecular flexibility index (Phi) is 6.18. The van der Waals surface area contributed by atoms with Crippen LogP contribution in [0.25, 0.3) is 16.0 Å². The Morgan fingerprint density at radius 2 is 1.74 bits per heavy atom. The first-order chi connectivity index (χ1) is 20.5. The lowest BCUT2D eigenvalue weighted by atomic mass is 9.49. The number of pyridine rings is 1. The first-order valence-corrected chi connectivity index (χ1v) is 14.8. The molecular formula is C35H28N4O2S. The van der Waals surface area contributed by atoms with Crippen molar-refractivity contribution in [1.29, 1.82) is 0 Å². The van der Waals surface area contributed by atoms with Crippen LogP contribution in [0.5, 0.6) is 5.75 Å². The molecule has 1 N–H and O–H groups in total. The molecule has 42 heavy (non-hydrogen) atoms. The summed E-state index contributed by atoms with van der Waals surface area (Å²) in [7, 11) is 1.66. The zero-order valence-electron chi connectivity index (χ0n) is 23.3. The number of amides is 1. The number of ether oxygens (including phenoxy) is 1. The highest BCUT2D eigenvalue weighted by molar-refractivity contribution is 7.13.